The maximum atomic E-state index is 13.4. The van der Waals surface area contributed by atoms with E-state index in [4.69, 9.17) is 4.74 Å². The van der Waals surface area contributed by atoms with Gasteiger partial charge in [-0.3, -0.25) is 9.00 Å². The highest BCUT2D eigenvalue weighted by Crippen LogP contribution is 2.60. The maximum Gasteiger partial charge on any atom is 0.257 e. The zero-order chi connectivity index (χ0) is 22.2. The molecule has 2 aromatic rings. The number of ether oxygens (including phenoxy) is 1. The van der Waals surface area contributed by atoms with E-state index in [0.717, 1.165) is 35.7 Å². The molecule has 1 saturated carbocycles. The Labute approximate surface area is 187 Å². The molecule has 0 spiro atoms. The molecular weight excluding hydrogens is 469 g/mol. The summed E-state index contributed by atoms with van der Waals surface area (Å²) >= 11 is -3.86. The number of carbonyl (C=O) groups excluding carboxylic acids is 1. The summed E-state index contributed by atoms with van der Waals surface area (Å²) in [6.07, 6.45) is 2.91. The van der Waals surface area contributed by atoms with Crippen molar-refractivity contribution >= 4 is 39.2 Å². The number of rotatable bonds is 8. The maximum absolute atomic E-state index is 13.4. The van der Waals surface area contributed by atoms with Gasteiger partial charge in [0, 0.05) is 34.6 Å². The molecule has 1 aliphatic carbocycles. The number of carbonyl (C=O) groups is 1. The Morgan fingerprint density at radius 2 is 2.03 bits per heavy atom. The second-order valence-corrected chi connectivity index (χ2v) is 11.0. The molecule has 5 nitrogen and oxygen atoms in total. The van der Waals surface area contributed by atoms with Gasteiger partial charge >= 0.3 is 0 Å². The molecule has 168 valence electrons. The molecule has 31 heavy (non-hydrogen) atoms. The third kappa shape index (κ3) is 5.21. The minimum atomic E-state index is -5.33. The molecule has 0 bridgehead atoms. The highest BCUT2D eigenvalue weighted by Gasteiger charge is 2.34. The second kappa shape index (κ2) is 9.05. The summed E-state index contributed by atoms with van der Waals surface area (Å²) in [7, 11) is 0.181. The molecule has 11 heteroatoms. The minimum absolute atomic E-state index is 0.229. The van der Waals surface area contributed by atoms with Crippen LogP contribution in [0.25, 0.3) is 0 Å². The third-order valence-corrected chi connectivity index (χ3v) is 8.04. The molecule has 1 aromatic carbocycles. The van der Waals surface area contributed by atoms with Crippen molar-refractivity contribution in [1.29, 1.82) is 0 Å². The van der Waals surface area contributed by atoms with E-state index < -0.39 is 44.9 Å². The van der Waals surface area contributed by atoms with E-state index in [9.17, 15) is 20.7 Å². The van der Waals surface area contributed by atoms with Crippen molar-refractivity contribution in [3.05, 3.63) is 57.4 Å². The largest absolute Gasteiger partial charge is 0.367 e. The van der Waals surface area contributed by atoms with E-state index in [2.05, 4.69) is 4.98 Å². The molecule has 2 aliphatic rings. The molecule has 3 unspecified atom stereocenters. The highest BCUT2D eigenvalue weighted by atomic mass is 32.3. The quantitative estimate of drug-likeness (QED) is 0.511. The van der Waals surface area contributed by atoms with Crippen molar-refractivity contribution in [2.24, 2.45) is 0 Å². The van der Waals surface area contributed by atoms with Gasteiger partial charge in [-0.1, -0.05) is 18.2 Å². The number of thiazole rings is 1. The molecule has 2 heterocycles. The van der Waals surface area contributed by atoms with Gasteiger partial charge in [0.2, 0.25) is 11.2 Å². The minimum Gasteiger partial charge on any atom is -0.367 e. The summed E-state index contributed by atoms with van der Waals surface area (Å²) in [5, 5.41) is 4.34. The Morgan fingerprint density at radius 1 is 1.32 bits per heavy atom. The Balaban J connectivity index is 1.58. The molecule has 0 saturated heterocycles. The number of aromatic nitrogens is 1. The average Bonchev–Trinajstić information content (AvgIpc) is 3.32. The lowest BCUT2D eigenvalue weighted by atomic mass is 10.1. The van der Waals surface area contributed by atoms with Gasteiger partial charge in [-0.2, -0.15) is 0 Å². The molecule has 0 N–H and O–H groups in total. The molecule has 4 rings (SSSR count). The van der Waals surface area contributed by atoms with Crippen LogP contribution >= 0.6 is 22.5 Å². The van der Waals surface area contributed by atoms with Crippen molar-refractivity contribution < 1.29 is 25.4 Å². The van der Waals surface area contributed by atoms with Crippen LogP contribution in [0, 0.1) is 0 Å². The predicted octanol–water partition coefficient (Wildman–Crippen LogP) is 5.20. The van der Waals surface area contributed by atoms with Crippen LogP contribution < -0.4 is 0 Å². The van der Waals surface area contributed by atoms with Crippen LogP contribution in [0.3, 0.4) is 0 Å². The lowest BCUT2D eigenvalue weighted by Crippen LogP contribution is -2.43. The third-order valence-electron chi connectivity index (χ3n) is 5.25. The van der Waals surface area contributed by atoms with E-state index in [1.807, 2.05) is 5.38 Å². The summed E-state index contributed by atoms with van der Waals surface area (Å²) in [5.41, 5.74) is 1.37. The lowest BCUT2D eigenvalue weighted by molar-refractivity contribution is -0.144. The molecule has 1 fully saturated rings. The van der Waals surface area contributed by atoms with E-state index in [-0.39, 0.29) is 12.3 Å². The first kappa shape index (κ1) is 22.5. The smallest absolute Gasteiger partial charge is 0.257 e. The number of amides is 1. The van der Waals surface area contributed by atoms with Crippen LogP contribution in [0.4, 0.5) is 11.7 Å². The molecule has 1 aromatic heterocycles. The standard InChI is InChI=1S/C20H21F3N2O3S3/c1-28-19(14-4-6-16(7-5-14)31(21,22)23)20(26)25(15-8-9-30(27)12-15)10-18-24-17(11-29-18)13-2-3-13/h4-9,11,13,15,19H,2-3,10,12H2,1H3. The average molecular weight is 491 g/mol. The Kier molecular flexibility index (Phi) is 6.57. The van der Waals surface area contributed by atoms with Crippen molar-refractivity contribution in [3.8, 4) is 0 Å². The fraction of sp³-hybridized carbons (Fsp3) is 0.400. The van der Waals surface area contributed by atoms with E-state index in [1.165, 1.54) is 30.6 Å². The van der Waals surface area contributed by atoms with E-state index >= 15 is 0 Å². The number of hydrogen-bond acceptors (Lipinski definition) is 5. The normalized spacial score (nSPS) is 22.5. The van der Waals surface area contributed by atoms with Crippen molar-refractivity contribution in [1.82, 2.24) is 9.88 Å². The molecule has 1 aliphatic heterocycles. The summed E-state index contributed by atoms with van der Waals surface area (Å²) < 4.78 is 56.2. The summed E-state index contributed by atoms with van der Waals surface area (Å²) in [6, 6.07) is 4.11. The second-order valence-electron chi connectivity index (χ2n) is 7.44. The highest BCUT2D eigenvalue weighted by molar-refractivity contribution is 8.20. The van der Waals surface area contributed by atoms with Gasteiger partial charge < -0.3 is 9.64 Å². The van der Waals surface area contributed by atoms with Gasteiger partial charge in [0.1, 0.15) is 5.01 Å². The first-order chi connectivity index (χ1) is 14.8. The topological polar surface area (TPSA) is 59.5 Å². The molecule has 0 radical (unpaired) electrons. The lowest BCUT2D eigenvalue weighted by Gasteiger charge is -2.30. The monoisotopic (exact) mass is 490 g/mol. The first-order valence-corrected chi connectivity index (χ1v) is 13.2. The number of halogens is 3. The first-order valence-electron chi connectivity index (χ1n) is 9.61. The number of benzene rings is 1. The molecule has 1 amide bonds. The Hall–Kier alpha value is -1.69. The van der Waals surface area contributed by atoms with Gasteiger partial charge in [-0.25, -0.2) is 4.98 Å². The number of hydrogen-bond donors (Lipinski definition) is 0. The fourth-order valence-corrected chi connectivity index (χ4v) is 5.86. The van der Waals surface area contributed by atoms with Gasteiger partial charge in [0.25, 0.3) is 5.91 Å². The van der Waals surface area contributed by atoms with Gasteiger partial charge in [-0.05, 0) is 30.5 Å². The van der Waals surface area contributed by atoms with Crippen LogP contribution in [0.1, 0.15) is 41.1 Å². The van der Waals surface area contributed by atoms with Crippen molar-refractivity contribution in [2.75, 3.05) is 12.9 Å². The van der Waals surface area contributed by atoms with Crippen LogP contribution in [-0.4, -0.2) is 38.9 Å². The van der Waals surface area contributed by atoms with E-state index in [0.29, 0.717) is 11.5 Å². The van der Waals surface area contributed by atoms with Crippen LogP contribution in [0.2, 0.25) is 0 Å². The fourth-order valence-electron chi connectivity index (χ4n) is 3.45. The van der Waals surface area contributed by atoms with Crippen LogP contribution in [-0.2, 0) is 26.9 Å². The van der Waals surface area contributed by atoms with Gasteiger partial charge in [0.05, 0.1) is 28.9 Å². The zero-order valence-corrected chi connectivity index (χ0v) is 19.0. The Bertz CT molecular complexity index is 1000. The SMILES string of the molecule is COC(C(=O)N(Cc1nc(C2CC2)cs1)C1C=CS(=O)C1)c1ccc(S(F)(F)F)cc1. The number of methoxy groups -OCH3 is 1. The van der Waals surface area contributed by atoms with Gasteiger partial charge in [-0.15, -0.1) is 23.0 Å². The van der Waals surface area contributed by atoms with Gasteiger partial charge in [0.15, 0.2) is 6.10 Å². The van der Waals surface area contributed by atoms with Crippen LogP contribution in [0.15, 0.2) is 46.0 Å². The summed E-state index contributed by atoms with van der Waals surface area (Å²) in [6.45, 7) is 0.229. The zero-order valence-electron chi connectivity index (χ0n) is 16.6. The summed E-state index contributed by atoms with van der Waals surface area (Å²) in [5.74, 6) is 0.375. The number of nitrogens with zero attached hydrogens (tertiary/aromatic N) is 2. The summed E-state index contributed by atoms with van der Waals surface area (Å²) in [4.78, 5) is 18.9. The Morgan fingerprint density at radius 3 is 2.58 bits per heavy atom. The van der Waals surface area contributed by atoms with Crippen molar-refractivity contribution in [2.45, 2.75) is 42.3 Å². The van der Waals surface area contributed by atoms with Crippen LogP contribution in [0.5, 0.6) is 0 Å². The predicted molar refractivity (Wildman–Crippen MR) is 116 cm³/mol. The van der Waals surface area contributed by atoms with E-state index in [1.54, 1.807) is 16.4 Å². The molecular formula is C20H21F3N2O3S3. The van der Waals surface area contributed by atoms with Crippen molar-refractivity contribution in [3.63, 3.8) is 0 Å². The molecule has 3 atom stereocenters.